The van der Waals surface area contributed by atoms with E-state index in [4.69, 9.17) is 23.2 Å². The van der Waals surface area contributed by atoms with Crippen LogP contribution in [-0.4, -0.2) is 41.9 Å². The van der Waals surface area contributed by atoms with Crippen molar-refractivity contribution in [3.05, 3.63) is 56.2 Å². The van der Waals surface area contributed by atoms with E-state index in [1.165, 1.54) is 4.88 Å². The van der Waals surface area contributed by atoms with Crippen LogP contribution in [0.15, 0.2) is 35.7 Å². The Morgan fingerprint density at radius 3 is 2.58 bits per heavy atom. The number of carbonyl (C=O) groups excluding carboxylic acids is 1. The molecule has 0 atom stereocenters. The molecule has 1 saturated heterocycles. The highest BCUT2D eigenvalue weighted by atomic mass is 35.5. The molecule has 1 aliphatic heterocycles. The average molecular weight is 383 g/mol. The number of benzene rings is 1. The molecule has 0 radical (unpaired) electrons. The Hall–Kier alpha value is -1.07. The largest absolute Gasteiger partial charge is 0.340 e. The van der Waals surface area contributed by atoms with Gasteiger partial charge in [0.25, 0.3) is 0 Å². The van der Waals surface area contributed by atoms with Crippen molar-refractivity contribution < 1.29 is 4.79 Å². The van der Waals surface area contributed by atoms with Crippen LogP contribution in [0.2, 0.25) is 10.0 Å². The molecule has 0 aliphatic carbocycles. The van der Waals surface area contributed by atoms with Gasteiger partial charge in [-0.15, -0.1) is 11.3 Å². The van der Waals surface area contributed by atoms with Gasteiger partial charge >= 0.3 is 0 Å². The molecule has 3 rings (SSSR count). The molecule has 0 unspecified atom stereocenters. The number of carbonyl (C=O) groups is 1. The molecular formula is C18H20Cl2N2OS. The normalized spacial score (nSPS) is 15.7. The van der Waals surface area contributed by atoms with Crippen molar-refractivity contribution in [2.45, 2.75) is 19.4 Å². The molecule has 6 heteroatoms. The van der Waals surface area contributed by atoms with E-state index < -0.39 is 0 Å². The van der Waals surface area contributed by atoms with Gasteiger partial charge in [0.1, 0.15) is 0 Å². The van der Waals surface area contributed by atoms with Gasteiger partial charge in [-0.2, -0.15) is 0 Å². The summed E-state index contributed by atoms with van der Waals surface area (Å²) in [5.74, 6) is 0.205. The number of piperazine rings is 1. The molecule has 24 heavy (non-hydrogen) atoms. The average Bonchev–Trinajstić information content (AvgIpc) is 3.07. The first-order valence-electron chi connectivity index (χ1n) is 8.08. The lowest BCUT2D eigenvalue weighted by Crippen LogP contribution is -2.48. The zero-order valence-electron chi connectivity index (χ0n) is 13.4. The SMILES string of the molecule is O=C(CCc1ccc(Cl)cc1Cl)N1CCN(Cc2cccs2)CC1. The van der Waals surface area contributed by atoms with Gasteiger partial charge < -0.3 is 4.90 Å². The Kier molecular flexibility index (Phi) is 6.17. The molecule has 2 heterocycles. The number of amides is 1. The van der Waals surface area contributed by atoms with E-state index in [9.17, 15) is 4.79 Å². The first-order chi connectivity index (χ1) is 11.6. The van der Waals surface area contributed by atoms with Crippen LogP contribution in [0.4, 0.5) is 0 Å². The predicted octanol–water partition coefficient (Wildman–Crippen LogP) is 4.33. The molecule has 1 aromatic heterocycles. The van der Waals surface area contributed by atoms with Crippen LogP contribution in [0.25, 0.3) is 0 Å². The summed E-state index contributed by atoms with van der Waals surface area (Å²) >= 11 is 13.9. The lowest BCUT2D eigenvalue weighted by atomic mass is 10.1. The maximum absolute atomic E-state index is 12.4. The summed E-state index contributed by atoms with van der Waals surface area (Å²) in [5, 5.41) is 3.37. The Labute approximate surface area is 156 Å². The molecule has 3 nitrogen and oxygen atoms in total. The number of rotatable bonds is 5. The third-order valence-electron chi connectivity index (χ3n) is 4.31. The Morgan fingerprint density at radius 2 is 1.92 bits per heavy atom. The molecular weight excluding hydrogens is 363 g/mol. The van der Waals surface area contributed by atoms with Crippen LogP contribution in [0.1, 0.15) is 16.9 Å². The molecule has 0 saturated carbocycles. The standard InChI is InChI=1S/C18H20Cl2N2OS/c19-15-5-3-14(17(20)12-15)4-6-18(23)22-9-7-21(8-10-22)13-16-2-1-11-24-16/h1-3,5,11-12H,4,6-10,13H2. The predicted molar refractivity (Wildman–Crippen MR) is 101 cm³/mol. The molecule has 1 aliphatic rings. The second kappa shape index (κ2) is 8.34. The number of hydrogen-bond acceptors (Lipinski definition) is 3. The van der Waals surface area contributed by atoms with Crippen molar-refractivity contribution >= 4 is 40.4 Å². The molecule has 128 valence electrons. The molecule has 0 spiro atoms. The minimum Gasteiger partial charge on any atom is -0.340 e. The van der Waals surface area contributed by atoms with Crippen molar-refractivity contribution in [3.63, 3.8) is 0 Å². The first-order valence-corrected chi connectivity index (χ1v) is 9.72. The molecule has 2 aromatic rings. The molecule has 1 fully saturated rings. The minimum atomic E-state index is 0.205. The third-order valence-corrected chi connectivity index (χ3v) is 5.76. The van der Waals surface area contributed by atoms with Gasteiger partial charge in [-0.3, -0.25) is 9.69 Å². The Morgan fingerprint density at radius 1 is 1.12 bits per heavy atom. The summed E-state index contributed by atoms with van der Waals surface area (Å²) in [4.78, 5) is 18.2. The maximum atomic E-state index is 12.4. The molecule has 0 N–H and O–H groups in total. The smallest absolute Gasteiger partial charge is 0.222 e. The van der Waals surface area contributed by atoms with E-state index in [0.717, 1.165) is 38.3 Å². The first kappa shape index (κ1) is 17.7. The number of hydrogen-bond donors (Lipinski definition) is 0. The number of aryl methyl sites for hydroxylation is 1. The summed E-state index contributed by atoms with van der Waals surface area (Å²) < 4.78 is 0. The quantitative estimate of drug-likeness (QED) is 0.767. The minimum absolute atomic E-state index is 0.205. The fourth-order valence-electron chi connectivity index (χ4n) is 2.90. The zero-order valence-corrected chi connectivity index (χ0v) is 15.7. The van der Waals surface area contributed by atoms with Crippen LogP contribution in [0, 0.1) is 0 Å². The van der Waals surface area contributed by atoms with E-state index in [-0.39, 0.29) is 5.91 Å². The summed E-state index contributed by atoms with van der Waals surface area (Å²) in [6.45, 7) is 4.47. The highest BCUT2D eigenvalue weighted by Crippen LogP contribution is 2.22. The Bertz CT molecular complexity index is 682. The van der Waals surface area contributed by atoms with E-state index in [1.54, 1.807) is 17.4 Å². The molecule has 1 aromatic carbocycles. The van der Waals surface area contributed by atoms with Crippen LogP contribution in [-0.2, 0) is 17.8 Å². The van der Waals surface area contributed by atoms with Gasteiger partial charge in [0.2, 0.25) is 5.91 Å². The monoisotopic (exact) mass is 382 g/mol. The summed E-state index contributed by atoms with van der Waals surface area (Å²) in [6.07, 6.45) is 1.15. The number of halogens is 2. The maximum Gasteiger partial charge on any atom is 0.222 e. The van der Waals surface area contributed by atoms with Gasteiger partial charge in [0, 0.05) is 54.1 Å². The summed E-state index contributed by atoms with van der Waals surface area (Å²) in [5.41, 5.74) is 0.978. The number of thiophene rings is 1. The number of nitrogens with zero attached hydrogens (tertiary/aromatic N) is 2. The van der Waals surface area contributed by atoms with Crippen LogP contribution < -0.4 is 0 Å². The van der Waals surface area contributed by atoms with Crippen molar-refractivity contribution in [1.29, 1.82) is 0 Å². The van der Waals surface area contributed by atoms with E-state index in [0.29, 0.717) is 22.9 Å². The van der Waals surface area contributed by atoms with Gasteiger partial charge in [-0.05, 0) is 35.6 Å². The van der Waals surface area contributed by atoms with E-state index in [1.807, 2.05) is 17.0 Å². The second-order valence-electron chi connectivity index (χ2n) is 5.97. The van der Waals surface area contributed by atoms with Crippen molar-refractivity contribution in [3.8, 4) is 0 Å². The van der Waals surface area contributed by atoms with Gasteiger partial charge in [-0.25, -0.2) is 0 Å². The fraction of sp³-hybridized carbons (Fsp3) is 0.389. The van der Waals surface area contributed by atoms with Gasteiger partial charge in [0.15, 0.2) is 0 Å². The van der Waals surface area contributed by atoms with Crippen LogP contribution >= 0.6 is 34.5 Å². The lowest BCUT2D eigenvalue weighted by molar-refractivity contribution is -0.132. The van der Waals surface area contributed by atoms with Gasteiger partial charge in [0.05, 0.1) is 0 Å². The van der Waals surface area contributed by atoms with Crippen molar-refractivity contribution in [1.82, 2.24) is 9.80 Å². The highest BCUT2D eigenvalue weighted by molar-refractivity contribution is 7.09. The topological polar surface area (TPSA) is 23.6 Å². The molecule has 0 bridgehead atoms. The van der Waals surface area contributed by atoms with Crippen LogP contribution in [0.3, 0.4) is 0 Å². The fourth-order valence-corrected chi connectivity index (χ4v) is 4.15. The van der Waals surface area contributed by atoms with Crippen molar-refractivity contribution in [2.75, 3.05) is 26.2 Å². The van der Waals surface area contributed by atoms with Gasteiger partial charge in [-0.1, -0.05) is 35.3 Å². The van der Waals surface area contributed by atoms with E-state index in [2.05, 4.69) is 22.4 Å². The van der Waals surface area contributed by atoms with Crippen LogP contribution in [0.5, 0.6) is 0 Å². The second-order valence-corrected chi connectivity index (χ2v) is 7.85. The third kappa shape index (κ3) is 4.73. The Balaban J connectivity index is 1.45. The zero-order chi connectivity index (χ0) is 16.9. The van der Waals surface area contributed by atoms with Crippen molar-refractivity contribution in [2.24, 2.45) is 0 Å². The molecule has 1 amide bonds. The summed E-state index contributed by atoms with van der Waals surface area (Å²) in [7, 11) is 0. The lowest BCUT2D eigenvalue weighted by Gasteiger charge is -2.34. The highest BCUT2D eigenvalue weighted by Gasteiger charge is 2.21. The summed E-state index contributed by atoms with van der Waals surface area (Å²) in [6, 6.07) is 9.69. The van der Waals surface area contributed by atoms with E-state index >= 15 is 0 Å².